The summed E-state index contributed by atoms with van der Waals surface area (Å²) >= 11 is 6.31. The van der Waals surface area contributed by atoms with E-state index in [4.69, 9.17) is 16.1 Å². The van der Waals surface area contributed by atoms with Gasteiger partial charge in [0.25, 0.3) is 5.91 Å². The van der Waals surface area contributed by atoms with Gasteiger partial charge in [0.2, 0.25) is 0 Å². The molecule has 1 aromatic carbocycles. The predicted molar refractivity (Wildman–Crippen MR) is 92.4 cm³/mol. The third-order valence-corrected chi connectivity index (χ3v) is 5.07. The fourth-order valence-electron chi connectivity index (χ4n) is 3.63. The number of halogens is 1. The average Bonchev–Trinajstić information content (AvgIpc) is 3.10. The van der Waals surface area contributed by atoms with Crippen molar-refractivity contribution < 1.29 is 9.32 Å². The van der Waals surface area contributed by atoms with Gasteiger partial charge in [-0.2, -0.15) is 0 Å². The Morgan fingerprint density at radius 3 is 3.00 bits per heavy atom. The van der Waals surface area contributed by atoms with Crippen LogP contribution in [0.2, 0.25) is 5.02 Å². The normalized spacial score (nSPS) is 17.0. The Hall–Kier alpha value is -2.27. The van der Waals surface area contributed by atoms with Crippen LogP contribution < -0.4 is 5.32 Å². The molecule has 24 heavy (non-hydrogen) atoms. The number of carbonyl (C=O) groups is 1. The van der Waals surface area contributed by atoms with E-state index in [1.807, 2.05) is 12.1 Å². The Morgan fingerprint density at radius 1 is 1.42 bits per heavy atom. The molecule has 0 spiro atoms. The Morgan fingerprint density at radius 2 is 2.25 bits per heavy atom. The van der Waals surface area contributed by atoms with Crippen molar-refractivity contribution in [2.75, 3.05) is 0 Å². The maximum atomic E-state index is 12.7. The van der Waals surface area contributed by atoms with Crippen LogP contribution in [-0.4, -0.2) is 16.0 Å². The lowest BCUT2D eigenvalue weighted by atomic mass is 9.91. The number of nitrogens with zero attached hydrogens (tertiary/aromatic N) is 1. The van der Waals surface area contributed by atoms with Crippen molar-refractivity contribution in [3.63, 3.8) is 0 Å². The summed E-state index contributed by atoms with van der Waals surface area (Å²) in [5.74, 6) is 0.398. The molecule has 6 heteroatoms. The Kier molecular flexibility index (Phi) is 3.61. The van der Waals surface area contributed by atoms with Crippen LogP contribution in [-0.2, 0) is 6.42 Å². The topological polar surface area (TPSA) is 70.9 Å². The second-order valence-corrected chi connectivity index (χ2v) is 6.70. The second kappa shape index (κ2) is 5.67. The van der Waals surface area contributed by atoms with E-state index in [1.165, 1.54) is 5.56 Å². The summed E-state index contributed by atoms with van der Waals surface area (Å²) in [4.78, 5) is 16.1. The van der Waals surface area contributed by atoms with E-state index in [1.54, 1.807) is 13.8 Å². The molecule has 1 amide bonds. The summed E-state index contributed by atoms with van der Waals surface area (Å²) < 4.78 is 5.10. The van der Waals surface area contributed by atoms with Crippen molar-refractivity contribution in [3.05, 3.63) is 51.5 Å². The van der Waals surface area contributed by atoms with Gasteiger partial charge in [-0.25, -0.2) is 0 Å². The number of aryl methyl sites for hydroxylation is 3. The molecule has 4 rings (SSSR count). The van der Waals surface area contributed by atoms with Crippen molar-refractivity contribution in [1.82, 2.24) is 15.5 Å². The maximum absolute atomic E-state index is 12.7. The molecule has 1 atom stereocenters. The van der Waals surface area contributed by atoms with Gasteiger partial charge >= 0.3 is 0 Å². The second-order valence-electron chi connectivity index (χ2n) is 6.30. The molecule has 0 aliphatic heterocycles. The standard InChI is InChI=1S/C18H18ClN3O2/c1-9-15(10(2)24-22-9)18(23)20-14-8-4-6-12-11-5-3-7-13(19)16(11)21-17(12)14/h3,5,7,14,21H,4,6,8H2,1-2H3,(H,20,23). The minimum atomic E-state index is -0.145. The molecular weight excluding hydrogens is 326 g/mol. The van der Waals surface area contributed by atoms with Crippen molar-refractivity contribution in [3.8, 4) is 0 Å². The summed E-state index contributed by atoms with van der Waals surface area (Å²) in [5.41, 5.74) is 4.40. The SMILES string of the molecule is Cc1noc(C)c1C(=O)NC1CCCc2c1[nH]c1c(Cl)cccc21. The predicted octanol–water partition coefficient (Wildman–Crippen LogP) is 4.23. The van der Waals surface area contributed by atoms with Crippen LogP contribution in [0.15, 0.2) is 22.7 Å². The number of carbonyl (C=O) groups excluding carboxylic acids is 1. The van der Waals surface area contributed by atoms with Gasteiger partial charge in [0, 0.05) is 11.1 Å². The number of aromatic nitrogens is 2. The maximum Gasteiger partial charge on any atom is 0.257 e. The first-order chi connectivity index (χ1) is 11.6. The lowest BCUT2D eigenvalue weighted by molar-refractivity contribution is 0.0930. The lowest BCUT2D eigenvalue weighted by Crippen LogP contribution is -2.31. The third-order valence-electron chi connectivity index (χ3n) is 4.76. The molecule has 0 fully saturated rings. The van der Waals surface area contributed by atoms with E-state index >= 15 is 0 Å². The summed E-state index contributed by atoms with van der Waals surface area (Å²) in [6, 6.07) is 5.86. The molecule has 1 aliphatic carbocycles. The van der Waals surface area contributed by atoms with Crippen LogP contribution in [0.4, 0.5) is 0 Å². The highest BCUT2D eigenvalue weighted by Crippen LogP contribution is 2.37. The molecule has 5 nitrogen and oxygen atoms in total. The van der Waals surface area contributed by atoms with Gasteiger partial charge in [0.15, 0.2) is 0 Å². The number of hydrogen-bond acceptors (Lipinski definition) is 3. The van der Waals surface area contributed by atoms with Gasteiger partial charge < -0.3 is 14.8 Å². The molecule has 2 heterocycles. The quantitative estimate of drug-likeness (QED) is 0.731. The monoisotopic (exact) mass is 343 g/mol. The largest absolute Gasteiger partial charge is 0.361 e. The van der Waals surface area contributed by atoms with Gasteiger partial charge in [-0.05, 0) is 44.7 Å². The minimum Gasteiger partial charge on any atom is -0.361 e. The van der Waals surface area contributed by atoms with Crippen molar-refractivity contribution in [2.45, 2.75) is 39.2 Å². The Balaban J connectivity index is 1.71. The van der Waals surface area contributed by atoms with E-state index in [-0.39, 0.29) is 11.9 Å². The average molecular weight is 344 g/mol. The van der Waals surface area contributed by atoms with Crippen molar-refractivity contribution in [1.29, 1.82) is 0 Å². The molecule has 0 radical (unpaired) electrons. The van der Waals surface area contributed by atoms with E-state index in [0.29, 0.717) is 22.0 Å². The van der Waals surface area contributed by atoms with Crippen LogP contribution in [0.25, 0.3) is 10.9 Å². The fourth-order valence-corrected chi connectivity index (χ4v) is 3.86. The molecule has 1 unspecified atom stereocenters. The van der Waals surface area contributed by atoms with Gasteiger partial charge in [0.1, 0.15) is 11.3 Å². The molecule has 124 valence electrons. The Bertz CT molecular complexity index is 922. The number of benzene rings is 1. The molecule has 0 saturated heterocycles. The molecule has 0 saturated carbocycles. The fraction of sp³-hybridized carbons (Fsp3) is 0.333. The van der Waals surface area contributed by atoms with Crippen LogP contribution >= 0.6 is 11.6 Å². The first-order valence-corrected chi connectivity index (χ1v) is 8.46. The molecule has 2 aromatic heterocycles. The zero-order valence-electron chi connectivity index (χ0n) is 13.6. The number of nitrogens with one attached hydrogen (secondary N) is 2. The van der Waals surface area contributed by atoms with E-state index in [9.17, 15) is 4.79 Å². The van der Waals surface area contributed by atoms with Gasteiger partial charge in [-0.3, -0.25) is 4.79 Å². The molecule has 1 aliphatic rings. The number of aromatic amines is 1. The minimum absolute atomic E-state index is 0.0570. The highest BCUT2D eigenvalue weighted by Gasteiger charge is 2.28. The van der Waals surface area contributed by atoms with Crippen LogP contribution in [0, 0.1) is 13.8 Å². The summed E-state index contributed by atoms with van der Waals surface area (Å²) in [6.07, 6.45) is 2.92. The molecule has 2 N–H and O–H groups in total. The Labute approximate surface area is 144 Å². The van der Waals surface area contributed by atoms with Gasteiger partial charge in [-0.1, -0.05) is 28.9 Å². The molecular formula is C18H18ClN3O2. The highest BCUT2D eigenvalue weighted by atomic mass is 35.5. The zero-order valence-corrected chi connectivity index (χ0v) is 14.3. The first kappa shape index (κ1) is 15.3. The van der Waals surface area contributed by atoms with Gasteiger partial charge in [-0.15, -0.1) is 0 Å². The number of fused-ring (bicyclic) bond motifs is 3. The number of hydrogen-bond donors (Lipinski definition) is 2. The number of amides is 1. The number of rotatable bonds is 2. The number of H-pyrrole nitrogens is 1. The van der Waals surface area contributed by atoms with Crippen LogP contribution in [0.5, 0.6) is 0 Å². The van der Waals surface area contributed by atoms with E-state index in [2.05, 4.69) is 21.5 Å². The molecule has 3 aromatic rings. The van der Waals surface area contributed by atoms with E-state index in [0.717, 1.165) is 35.9 Å². The first-order valence-electron chi connectivity index (χ1n) is 8.09. The van der Waals surface area contributed by atoms with Crippen LogP contribution in [0.1, 0.15) is 52.0 Å². The highest BCUT2D eigenvalue weighted by molar-refractivity contribution is 6.35. The van der Waals surface area contributed by atoms with Crippen LogP contribution in [0.3, 0.4) is 0 Å². The van der Waals surface area contributed by atoms with Crippen molar-refractivity contribution in [2.24, 2.45) is 0 Å². The number of para-hydroxylation sites is 1. The lowest BCUT2D eigenvalue weighted by Gasteiger charge is -2.23. The third kappa shape index (κ3) is 2.31. The van der Waals surface area contributed by atoms with Gasteiger partial charge in [0.05, 0.1) is 22.3 Å². The van der Waals surface area contributed by atoms with Crippen molar-refractivity contribution >= 4 is 28.4 Å². The smallest absolute Gasteiger partial charge is 0.257 e. The molecule has 0 bridgehead atoms. The zero-order chi connectivity index (χ0) is 16.8. The summed E-state index contributed by atoms with van der Waals surface area (Å²) in [5, 5.41) is 8.84. The summed E-state index contributed by atoms with van der Waals surface area (Å²) in [7, 11) is 0. The summed E-state index contributed by atoms with van der Waals surface area (Å²) in [6.45, 7) is 3.53. The van der Waals surface area contributed by atoms with E-state index < -0.39 is 0 Å².